The molecule has 20 heavy (non-hydrogen) atoms. The van der Waals surface area contributed by atoms with Gasteiger partial charge in [-0.1, -0.05) is 6.92 Å². The molecule has 1 heterocycles. The molecule has 0 fully saturated rings. The van der Waals surface area contributed by atoms with E-state index in [0.717, 1.165) is 3.79 Å². The normalized spacial score (nSPS) is 12.8. The first-order chi connectivity index (χ1) is 9.21. The molecule has 0 aromatic carbocycles. The van der Waals surface area contributed by atoms with Crippen molar-refractivity contribution in [2.75, 3.05) is 0 Å². The molecule has 1 aromatic rings. The Kier molecular flexibility index (Phi) is 6.20. The van der Waals surface area contributed by atoms with Crippen LogP contribution in [0, 0.1) is 0 Å². The van der Waals surface area contributed by atoms with Gasteiger partial charge in [0.2, 0.25) is 0 Å². The fraction of sp³-hybridized carbons (Fsp3) is 0.571. The smallest absolute Gasteiger partial charge is 0.407 e. The number of nitrogens with one attached hydrogen (secondary N) is 1. The summed E-state index contributed by atoms with van der Waals surface area (Å²) in [6.45, 7) is 7.35. The van der Waals surface area contributed by atoms with E-state index in [1.807, 2.05) is 33.8 Å². The van der Waals surface area contributed by atoms with E-state index in [9.17, 15) is 9.59 Å². The van der Waals surface area contributed by atoms with Crippen LogP contribution in [0.4, 0.5) is 4.79 Å². The number of amides is 1. The SMILES string of the molecule is CCC(CC(=O)c1ccc(Br)s1)NC(=O)OC(C)(C)C. The van der Waals surface area contributed by atoms with Crippen LogP contribution in [0.2, 0.25) is 0 Å². The summed E-state index contributed by atoms with van der Waals surface area (Å²) in [7, 11) is 0. The zero-order valence-corrected chi connectivity index (χ0v) is 14.6. The number of halogens is 1. The minimum absolute atomic E-state index is 0.0311. The van der Waals surface area contributed by atoms with Gasteiger partial charge in [0.25, 0.3) is 0 Å². The molecule has 0 spiro atoms. The van der Waals surface area contributed by atoms with Crippen LogP contribution < -0.4 is 5.32 Å². The average molecular weight is 362 g/mol. The topological polar surface area (TPSA) is 55.4 Å². The standard InChI is InChI=1S/C14H20BrNO3S/c1-5-9(16-13(18)19-14(2,3)4)8-10(17)11-6-7-12(15)20-11/h6-7,9H,5,8H2,1-4H3,(H,16,18). The van der Waals surface area contributed by atoms with Crippen molar-refractivity contribution >= 4 is 39.1 Å². The number of ether oxygens (including phenoxy) is 1. The second-order valence-electron chi connectivity index (χ2n) is 5.48. The second kappa shape index (κ2) is 7.22. The Morgan fingerprint density at radius 1 is 1.40 bits per heavy atom. The lowest BCUT2D eigenvalue weighted by Gasteiger charge is -2.22. The first-order valence-corrected chi connectivity index (χ1v) is 8.10. The quantitative estimate of drug-likeness (QED) is 0.791. The van der Waals surface area contributed by atoms with E-state index >= 15 is 0 Å². The van der Waals surface area contributed by atoms with Crippen molar-refractivity contribution in [1.82, 2.24) is 5.32 Å². The van der Waals surface area contributed by atoms with E-state index in [1.54, 1.807) is 6.07 Å². The Balaban J connectivity index is 2.55. The van der Waals surface area contributed by atoms with E-state index in [0.29, 0.717) is 11.3 Å². The van der Waals surface area contributed by atoms with Gasteiger partial charge in [-0.2, -0.15) is 0 Å². The number of ketones is 1. The third-order valence-corrected chi connectivity index (χ3v) is 4.16. The molecule has 1 N–H and O–H groups in total. The molecule has 0 radical (unpaired) electrons. The van der Waals surface area contributed by atoms with Gasteiger partial charge in [-0.3, -0.25) is 4.79 Å². The molecule has 0 aliphatic carbocycles. The molecular formula is C14H20BrNO3S. The zero-order valence-electron chi connectivity index (χ0n) is 12.2. The minimum atomic E-state index is -0.537. The summed E-state index contributed by atoms with van der Waals surface area (Å²) >= 11 is 4.73. The molecule has 112 valence electrons. The average Bonchev–Trinajstić information content (AvgIpc) is 2.72. The van der Waals surface area contributed by atoms with E-state index in [1.165, 1.54) is 11.3 Å². The van der Waals surface area contributed by atoms with Crippen molar-refractivity contribution in [2.45, 2.75) is 52.2 Å². The Hall–Kier alpha value is -0.880. The molecule has 0 saturated carbocycles. The van der Waals surface area contributed by atoms with Crippen LogP contribution >= 0.6 is 27.3 Å². The largest absolute Gasteiger partial charge is 0.444 e. The monoisotopic (exact) mass is 361 g/mol. The van der Waals surface area contributed by atoms with Gasteiger partial charge in [-0.25, -0.2) is 4.79 Å². The summed E-state index contributed by atoms with van der Waals surface area (Å²) in [5.74, 6) is 0.0311. The maximum absolute atomic E-state index is 12.1. The summed E-state index contributed by atoms with van der Waals surface area (Å²) in [6.07, 6.45) is 0.477. The molecule has 1 rings (SSSR count). The fourth-order valence-corrected chi connectivity index (χ4v) is 2.89. The fourth-order valence-electron chi connectivity index (χ4n) is 1.56. The van der Waals surface area contributed by atoms with Crippen LogP contribution in [-0.4, -0.2) is 23.5 Å². The summed E-state index contributed by atoms with van der Waals surface area (Å²) in [5.41, 5.74) is -0.537. The number of alkyl carbamates (subject to hydrolysis) is 1. The second-order valence-corrected chi connectivity index (χ2v) is 7.95. The highest BCUT2D eigenvalue weighted by atomic mass is 79.9. The van der Waals surface area contributed by atoms with Crippen LogP contribution in [0.3, 0.4) is 0 Å². The van der Waals surface area contributed by atoms with Crippen molar-refractivity contribution in [2.24, 2.45) is 0 Å². The molecule has 0 aliphatic rings. The predicted molar refractivity (Wildman–Crippen MR) is 84.4 cm³/mol. The number of hydrogen-bond donors (Lipinski definition) is 1. The lowest BCUT2D eigenvalue weighted by atomic mass is 10.1. The van der Waals surface area contributed by atoms with E-state index in [4.69, 9.17) is 4.74 Å². The first kappa shape index (κ1) is 17.2. The van der Waals surface area contributed by atoms with Crippen LogP contribution in [0.25, 0.3) is 0 Å². The number of carbonyl (C=O) groups excluding carboxylic acids is 2. The molecule has 1 unspecified atom stereocenters. The summed E-state index contributed by atoms with van der Waals surface area (Å²) < 4.78 is 6.12. The first-order valence-electron chi connectivity index (χ1n) is 6.49. The molecule has 1 aromatic heterocycles. The van der Waals surface area contributed by atoms with Gasteiger partial charge in [0.1, 0.15) is 5.60 Å². The highest BCUT2D eigenvalue weighted by molar-refractivity contribution is 9.11. The number of Topliss-reactive ketones (excluding diaryl/α,β-unsaturated/α-hetero) is 1. The highest BCUT2D eigenvalue weighted by Crippen LogP contribution is 2.23. The lowest BCUT2D eigenvalue weighted by molar-refractivity contribution is 0.0500. The van der Waals surface area contributed by atoms with Crippen LogP contribution in [0.1, 0.15) is 50.2 Å². The maximum atomic E-state index is 12.1. The van der Waals surface area contributed by atoms with Gasteiger partial charge in [-0.15, -0.1) is 11.3 Å². The van der Waals surface area contributed by atoms with Gasteiger partial charge in [-0.05, 0) is 55.3 Å². The van der Waals surface area contributed by atoms with Crippen LogP contribution in [0.15, 0.2) is 15.9 Å². The van der Waals surface area contributed by atoms with Crippen molar-refractivity contribution in [1.29, 1.82) is 0 Å². The third-order valence-electron chi connectivity index (χ3n) is 2.49. The summed E-state index contributed by atoms with van der Waals surface area (Å²) in [5, 5.41) is 2.74. The number of carbonyl (C=O) groups is 2. The highest BCUT2D eigenvalue weighted by Gasteiger charge is 2.21. The van der Waals surface area contributed by atoms with Crippen LogP contribution in [0.5, 0.6) is 0 Å². The molecule has 1 atom stereocenters. The third kappa shape index (κ3) is 6.05. The summed E-state index contributed by atoms with van der Waals surface area (Å²) in [6, 6.07) is 3.43. The zero-order chi connectivity index (χ0) is 15.3. The minimum Gasteiger partial charge on any atom is -0.444 e. The number of hydrogen-bond acceptors (Lipinski definition) is 4. The Labute approximate surface area is 132 Å². The van der Waals surface area contributed by atoms with Crippen molar-refractivity contribution < 1.29 is 14.3 Å². The van der Waals surface area contributed by atoms with Gasteiger partial charge >= 0.3 is 6.09 Å². The molecule has 1 amide bonds. The Morgan fingerprint density at radius 2 is 2.05 bits per heavy atom. The van der Waals surface area contributed by atoms with E-state index in [-0.39, 0.29) is 18.2 Å². The molecule has 0 aliphatic heterocycles. The van der Waals surface area contributed by atoms with E-state index < -0.39 is 11.7 Å². The van der Waals surface area contributed by atoms with E-state index in [2.05, 4.69) is 21.2 Å². The van der Waals surface area contributed by atoms with Gasteiger partial charge in [0.15, 0.2) is 5.78 Å². The lowest BCUT2D eigenvalue weighted by Crippen LogP contribution is -2.39. The van der Waals surface area contributed by atoms with Gasteiger partial charge in [0.05, 0.1) is 8.66 Å². The van der Waals surface area contributed by atoms with Crippen molar-refractivity contribution in [3.63, 3.8) is 0 Å². The molecule has 0 bridgehead atoms. The Morgan fingerprint density at radius 3 is 2.50 bits per heavy atom. The van der Waals surface area contributed by atoms with Gasteiger partial charge < -0.3 is 10.1 Å². The molecule has 0 saturated heterocycles. The number of thiophene rings is 1. The van der Waals surface area contributed by atoms with Crippen LogP contribution in [-0.2, 0) is 4.74 Å². The number of rotatable bonds is 5. The summed E-state index contributed by atoms with van der Waals surface area (Å²) in [4.78, 5) is 24.5. The predicted octanol–water partition coefficient (Wildman–Crippen LogP) is 4.39. The molecule has 4 nitrogen and oxygen atoms in total. The van der Waals surface area contributed by atoms with Crippen molar-refractivity contribution in [3.05, 3.63) is 20.8 Å². The Bertz CT molecular complexity index is 479. The maximum Gasteiger partial charge on any atom is 0.407 e. The molecule has 6 heteroatoms. The van der Waals surface area contributed by atoms with Crippen molar-refractivity contribution in [3.8, 4) is 0 Å². The van der Waals surface area contributed by atoms with Gasteiger partial charge in [0, 0.05) is 12.5 Å². The molecular weight excluding hydrogens is 342 g/mol.